The molecule has 1 aliphatic heterocycles. The Morgan fingerprint density at radius 3 is 2.90 bits per heavy atom. The van der Waals surface area contributed by atoms with Crippen molar-refractivity contribution in [3.8, 4) is 0 Å². The summed E-state index contributed by atoms with van der Waals surface area (Å²) in [6.45, 7) is 6.24. The summed E-state index contributed by atoms with van der Waals surface area (Å²) >= 11 is 5.00. The molecule has 0 bridgehead atoms. The lowest BCUT2D eigenvalue weighted by Gasteiger charge is -2.26. The molecule has 0 aromatic carbocycles. The monoisotopic (exact) mass is 291 g/mol. The highest BCUT2D eigenvalue weighted by Crippen LogP contribution is 2.19. The topological polar surface area (TPSA) is 65.0 Å². The maximum atomic E-state index is 11.9. The minimum Gasteiger partial charge on any atom is -0.465 e. The fraction of sp³-hybridized carbons (Fsp3) is 0.429. The molecule has 2 aromatic heterocycles. The average molecular weight is 291 g/mol. The fourth-order valence-electron chi connectivity index (χ4n) is 2.60. The predicted molar refractivity (Wildman–Crippen MR) is 78.2 cm³/mol. The second kappa shape index (κ2) is 5.03. The van der Waals surface area contributed by atoms with Crippen LogP contribution in [0.25, 0.3) is 0 Å². The Bertz CT molecular complexity index is 737. The average Bonchev–Trinajstić information content (AvgIpc) is 2.69. The normalized spacial score (nSPS) is 15.3. The van der Waals surface area contributed by atoms with Crippen LogP contribution < -0.4 is 5.56 Å². The molecule has 0 radical (unpaired) electrons. The van der Waals surface area contributed by atoms with E-state index in [9.17, 15) is 4.79 Å². The summed E-state index contributed by atoms with van der Waals surface area (Å²) in [6.07, 6.45) is 0.807. The molecule has 0 atom stereocenters. The van der Waals surface area contributed by atoms with Crippen LogP contribution in [0.1, 0.15) is 28.3 Å². The lowest BCUT2D eigenvalue weighted by atomic mass is 10.1. The summed E-state index contributed by atoms with van der Waals surface area (Å²) in [5, 5.41) is 0. The minimum absolute atomic E-state index is 0.0831. The van der Waals surface area contributed by atoms with Crippen molar-refractivity contribution in [3.63, 3.8) is 0 Å². The van der Waals surface area contributed by atoms with Crippen LogP contribution in [0.2, 0.25) is 0 Å². The molecule has 0 saturated heterocycles. The van der Waals surface area contributed by atoms with E-state index < -0.39 is 0 Å². The van der Waals surface area contributed by atoms with Crippen LogP contribution in [0, 0.1) is 18.6 Å². The second-order valence-corrected chi connectivity index (χ2v) is 5.69. The van der Waals surface area contributed by atoms with Gasteiger partial charge in [-0.25, -0.2) is 0 Å². The Morgan fingerprint density at radius 2 is 2.20 bits per heavy atom. The fourth-order valence-corrected chi connectivity index (χ4v) is 2.81. The van der Waals surface area contributed by atoms with Crippen LogP contribution in [-0.2, 0) is 19.5 Å². The first-order chi connectivity index (χ1) is 9.52. The Hall–Kier alpha value is -1.66. The maximum absolute atomic E-state index is 11.9. The van der Waals surface area contributed by atoms with Crippen LogP contribution in [-0.4, -0.2) is 21.4 Å². The van der Waals surface area contributed by atoms with Gasteiger partial charge >= 0.3 is 0 Å². The zero-order valence-corrected chi connectivity index (χ0v) is 12.4. The molecule has 0 saturated carbocycles. The number of nitrogens with zero attached hydrogens (tertiary/aromatic N) is 1. The van der Waals surface area contributed by atoms with Crippen molar-refractivity contribution in [3.05, 3.63) is 49.5 Å². The minimum atomic E-state index is -0.0831. The first-order valence-corrected chi connectivity index (χ1v) is 7.06. The van der Waals surface area contributed by atoms with Gasteiger partial charge in [-0.3, -0.25) is 14.7 Å². The van der Waals surface area contributed by atoms with E-state index in [4.69, 9.17) is 16.6 Å². The van der Waals surface area contributed by atoms with Gasteiger partial charge in [0.05, 0.1) is 12.1 Å². The summed E-state index contributed by atoms with van der Waals surface area (Å²) in [6, 6.07) is 2.06. The Balaban J connectivity index is 1.82. The second-order valence-electron chi connectivity index (χ2n) is 5.28. The molecule has 0 spiro atoms. The van der Waals surface area contributed by atoms with Gasteiger partial charge in [-0.05, 0) is 37.7 Å². The molecule has 6 heteroatoms. The molecule has 2 aromatic rings. The van der Waals surface area contributed by atoms with E-state index >= 15 is 0 Å². The zero-order valence-electron chi connectivity index (χ0n) is 11.6. The number of fused-ring (bicyclic) bond motifs is 1. The van der Waals surface area contributed by atoms with Crippen LogP contribution in [0.15, 0.2) is 15.3 Å². The standard InChI is InChI=1S/C14H17N3O2S/c1-8-5-10(19-9(8)2)6-17-4-3-12-11(7-17)13(18)16-14(20)15-12/h5H,3-4,6-7H2,1-2H3,(H2,15,16,18,20). The van der Waals surface area contributed by atoms with Crippen LogP contribution in [0.4, 0.5) is 0 Å². The predicted octanol–water partition coefficient (Wildman–Crippen LogP) is 2.20. The summed E-state index contributed by atoms with van der Waals surface area (Å²) in [5.41, 5.74) is 2.83. The van der Waals surface area contributed by atoms with Crippen molar-refractivity contribution in [1.29, 1.82) is 0 Å². The van der Waals surface area contributed by atoms with Crippen molar-refractivity contribution in [1.82, 2.24) is 14.9 Å². The summed E-state index contributed by atoms with van der Waals surface area (Å²) in [5.74, 6) is 1.91. The number of hydrogen-bond donors (Lipinski definition) is 2. The van der Waals surface area contributed by atoms with Gasteiger partial charge in [0.25, 0.3) is 5.56 Å². The highest BCUT2D eigenvalue weighted by atomic mass is 32.1. The smallest absolute Gasteiger partial charge is 0.256 e. The lowest BCUT2D eigenvalue weighted by molar-refractivity contribution is 0.221. The summed E-state index contributed by atoms with van der Waals surface area (Å²) in [7, 11) is 0. The third-order valence-corrected chi connectivity index (χ3v) is 3.99. The SMILES string of the molecule is Cc1cc(CN2CCc3[nH]c(=S)[nH]c(=O)c3C2)oc1C. The molecule has 1 aliphatic rings. The van der Waals surface area contributed by atoms with E-state index in [2.05, 4.69) is 20.9 Å². The first kappa shape index (κ1) is 13.3. The van der Waals surface area contributed by atoms with Crippen LogP contribution >= 0.6 is 12.2 Å². The van der Waals surface area contributed by atoms with Gasteiger partial charge in [-0.1, -0.05) is 0 Å². The molecule has 3 rings (SSSR count). The Labute approximate surface area is 121 Å². The van der Waals surface area contributed by atoms with Crippen molar-refractivity contribution in [2.24, 2.45) is 0 Å². The van der Waals surface area contributed by atoms with Gasteiger partial charge in [0.1, 0.15) is 11.5 Å². The highest BCUT2D eigenvalue weighted by Gasteiger charge is 2.20. The van der Waals surface area contributed by atoms with Gasteiger partial charge in [-0.15, -0.1) is 0 Å². The molecule has 20 heavy (non-hydrogen) atoms. The van der Waals surface area contributed by atoms with Crippen LogP contribution in [0.5, 0.6) is 0 Å². The summed E-state index contributed by atoms with van der Waals surface area (Å²) < 4.78 is 6.10. The number of aromatic nitrogens is 2. The van der Waals surface area contributed by atoms with E-state index in [-0.39, 0.29) is 5.56 Å². The van der Waals surface area contributed by atoms with E-state index in [0.717, 1.165) is 42.3 Å². The largest absolute Gasteiger partial charge is 0.465 e. The van der Waals surface area contributed by atoms with E-state index in [0.29, 0.717) is 11.3 Å². The van der Waals surface area contributed by atoms with Gasteiger partial charge < -0.3 is 9.40 Å². The van der Waals surface area contributed by atoms with Gasteiger partial charge in [0.15, 0.2) is 4.77 Å². The molecule has 106 valence electrons. The maximum Gasteiger partial charge on any atom is 0.256 e. The van der Waals surface area contributed by atoms with E-state index in [1.165, 1.54) is 5.56 Å². The van der Waals surface area contributed by atoms with E-state index in [1.807, 2.05) is 13.8 Å². The molecule has 0 aliphatic carbocycles. The third-order valence-electron chi connectivity index (χ3n) is 3.79. The van der Waals surface area contributed by atoms with Crippen LogP contribution in [0.3, 0.4) is 0 Å². The molecule has 0 unspecified atom stereocenters. The zero-order chi connectivity index (χ0) is 14.3. The number of hydrogen-bond acceptors (Lipinski definition) is 4. The molecule has 2 N–H and O–H groups in total. The number of H-pyrrole nitrogens is 2. The van der Waals surface area contributed by atoms with Gasteiger partial charge in [0, 0.05) is 25.2 Å². The van der Waals surface area contributed by atoms with Crippen molar-refractivity contribution in [2.75, 3.05) is 6.54 Å². The molecular weight excluding hydrogens is 274 g/mol. The number of nitrogens with one attached hydrogen (secondary N) is 2. The van der Waals surface area contributed by atoms with Crippen molar-refractivity contribution < 1.29 is 4.42 Å². The van der Waals surface area contributed by atoms with Gasteiger partial charge in [0.2, 0.25) is 0 Å². The van der Waals surface area contributed by atoms with E-state index in [1.54, 1.807) is 0 Å². The lowest BCUT2D eigenvalue weighted by Crippen LogP contribution is -2.35. The highest BCUT2D eigenvalue weighted by molar-refractivity contribution is 7.71. The molecule has 3 heterocycles. The molecular formula is C14H17N3O2S. The molecule has 0 fully saturated rings. The molecule has 5 nitrogen and oxygen atoms in total. The van der Waals surface area contributed by atoms with Crippen molar-refractivity contribution >= 4 is 12.2 Å². The Morgan fingerprint density at radius 1 is 1.40 bits per heavy atom. The number of furan rings is 1. The van der Waals surface area contributed by atoms with Crippen molar-refractivity contribution in [2.45, 2.75) is 33.4 Å². The first-order valence-electron chi connectivity index (χ1n) is 6.65. The number of aromatic amines is 2. The van der Waals surface area contributed by atoms with Gasteiger partial charge in [-0.2, -0.15) is 0 Å². The number of rotatable bonds is 2. The summed E-state index contributed by atoms with van der Waals surface area (Å²) in [4.78, 5) is 19.9. The number of aryl methyl sites for hydroxylation is 2. The Kier molecular flexibility index (Phi) is 3.35. The molecule has 0 amide bonds. The third kappa shape index (κ3) is 2.48. The quantitative estimate of drug-likeness (QED) is 0.833.